The molecule has 1 N–H and O–H groups in total. The van der Waals surface area contributed by atoms with Gasteiger partial charge >= 0.3 is 0 Å². The first-order valence-corrected chi connectivity index (χ1v) is 6.96. The first-order valence-electron chi connectivity index (χ1n) is 5.00. The molecule has 0 aliphatic heterocycles. The summed E-state index contributed by atoms with van der Waals surface area (Å²) in [7, 11) is 0. The molecule has 1 unspecified atom stereocenters. The highest BCUT2D eigenvalue weighted by atomic mass is 127. The molecular weight excluding hydrogens is 333 g/mol. The van der Waals surface area contributed by atoms with Crippen molar-refractivity contribution in [1.82, 2.24) is 4.98 Å². The number of thiazole rings is 1. The molecule has 0 aliphatic carbocycles. The van der Waals surface area contributed by atoms with E-state index in [0.717, 1.165) is 19.8 Å². The van der Waals surface area contributed by atoms with Crippen LogP contribution in [0.3, 0.4) is 0 Å². The predicted molar refractivity (Wildman–Crippen MR) is 74.7 cm³/mol. The van der Waals surface area contributed by atoms with Crippen LogP contribution in [0.25, 0.3) is 0 Å². The molecule has 1 heterocycles. The molecule has 0 saturated heterocycles. The Hall–Kier alpha value is -0.460. The summed E-state index contributed by atoms with van der Waals surface area (Å²) in [4.78, 5) is 4.36. The van der Waals surface area contributed by atoms with Crippen molar-refractivity contribution in [3.05, 3.63) is 49.5 Å². The summed E-state index contributed by atoms with van der Waals surface area (Å²) in [6, 6.07) is 7.90. The Bertz CT molecular complexity index is 483. The predicted octanol–water partition coefficient (Wildman–Crippen LogP) is 3.33. The van der Waals surface area contributed by atoms with Crippen molar-refractivity contribution in [3.8, 4) is 0 Å². The summed E-state index contributed by atoms with van der Waals surface area (Å²) in [5.74, 6) is 0. The second-order valence-electron chi connectivity index (χ2n) is 3.62. The number of aromatic nitrogens is 1. The Morgan fingerprint density at radius 3 is 2.81 bits per heavy atom. The maximum absolute atomic E-state index is 10.1. The topological polar surface area (TPSA) is 33.1 Å². The number of rotatable bonds is 3. The monoisotopic (exact) mass is 345 g/mol. The van der Waals surface area contributed by atoms with Crippen LogP contribution >= 0.6 is 33.9 Å². The largest absolute Gasteiger partial charge is 0.388 e. The second kappa shape index (κ2) is 5.25. The molecule has 1 atom stereocenters. The minimum Gasteiger partial charge on any atom is -0.388 e. The molecule has 0 bridgehead atoms. The number of aliphatic hydroxyl groups is 1. The van der Waals surface area contributed by atoms with Crippen molar-refractivity contribution in [2.45, 2.75) is 19.4 Å². The molecule has 2 aromatic rings. The lowest BCUT2D eigenvalue weighted by atomic mass is 10.1. The van der Waals surface area contributed by atoms with Crippen LogP contribution in [0.5, 0.6) is 0 Å². The molecule has 16 heavy (non-hydrogen) atoms. The molecule has 84 valence electrons. The molecule has 0 spiro atoms. The van der Waals surface area contributed by atoms with Crippen LogP contribution in [0.4, 0.5) is 0 Å². The van der Waals surface area contributed by atoms with Gasteiger partial charge in [0.05, 0.1) is 11.1 Å². The van der Waals surface area contributed by atoms with E-state index in [9.17, 15) is 5.11 Å². The molecule has 2 nitrogen and oxygen atoms in total. The van der Waals surface area contributed by atoms with E-state index in [4.69, 9.17) is 0 Å². The summed E-state index contributed by atoms with van der Waals surface area (Å²) in [5, 5.41) is 13.1. The van der Waals surface area contributed by atoms with Crippen LogP contribution in [-0.4, -0.2) is 10.1 Å². The number of nitrogens with zero attached hydrogens (tertiary/aromatic N) is 1. The highest BCUT2D eigenvalue weighted by Gasteiger charge is 2.13. The number of halogens is 1. The Morgan fingerprint density at radius 1 is 1.44 bits per heavy atom. The zero-order valence-corrected chi connectivity index (χ0v) is 11.8. The summed E-state index contributed by atoms with van der Waals surface area (Å²) in [5.41, 5.74) is 2.01. The van der Waals surface area contributed by atoms with E-state index in [1.54, 1.807) is 11.3 Å². The van der Waals surface area contributed by atoms with E-state index in [0.29, 0.717) is 6.42 Å². The summed E-state index contributed by atoms with van der Waals surface area (Å²) >= 11 is 3.85. The van der Waals surface area contributed by atoms with Crippen molar-refractivity contribution in [3.63, 3.8) is 0 Å². The number of benzene rings is 1. The normalized spacial score (nSPS) is 12.7. The van der Waals surface area contributed by atoms with Gasteiger partial charge in [-0.1, -0.05) is 18.2 Å². The van der Waals surface area contributed by atoms with E-state index < -0.39 is 6.10 Å². The van der Waals surface area contributed by atoms with E-state index in [-0.39, 0.29) is 0 Å². The van der Waals surface area contributed by atoms with E-state index >= 15 is 0 Å². The average molecular weight is 345 g/mol. The number of aryl methyl sites for hydroxylation is 1. The minimum absolute atomic E-state index is 0.460. The third kappa shape index (κ3) is 2.81. The second-order valence-corrected chi connectivity index (χ2v) is 5.73. The molecule has 0 aliphatic rings. The van der Waals surface area contributed by atoms with Crippen molar-refractivity contribution >= 4 is 33.9 Å². The maximum atomic E-state index is 10.1. The molecule has 1 aromatic carbocycles. The van der Waals surface area contributed by atoms with Gasteiger partial charge in [0, 0.05) is 21.1 Å². The van der Waals surface area contributed by atoms with Crippen LogP contribution in [0.2, 0.25) is 0 Å². The lowest BCUT2D eigenvalue weighted by Gasteiger charge is -2.10. The minimum atomic E-state index is -0.460. The lowest BCUT2D eigenvalue weighted by Crippen LogP contribution is -2.03. The fourth-order valence-electron chi connectivity index (χ4n) is 1.52. The Balaban J connectivity index is 2.14. The molecule has 0 saturated carbocycles. The van der Waals surface area contributed by atoms with Crippen LogP contribution < -0.4 is 0 Å². The molecule has 0 amide bonds. The van der Waals surface area contributed by atoms with Crippen molar-refractivity contribution in [2.24, 2.45) is 0 Å². The first-order chi connectivity index (χ1) is 7.66. The molecule has 4 heteroatoms. The Labute approximate surface area is 112 Å². The molecular formula is C12H12INOS. The highest BCUT2D eigenvalue weighted by molar-refractivity contribution is 14.1. The molecule has 2 rings (SSSR count). The Kier molecular flexibility index (Phi) is 3.94. The SMILES string of the molecule is Cc1csc(CC(O)c2ccccc2I)n1. The molecule has 1 aromatic heterocycles. The lowest BCUT2D eigenvalue weighted by molar-refractivity contribution is 0.177. The quantitative estimate of drug-likeness (QED) is 0.866. The van der Waals surface area contributed by atoms with Crippen molar-refractivity contribution < 1.29 is 5.11 Å². The highest BCUT2D eigenvalue weighted by Crippen LogP contribution is 2.24. The molecule has 0 radical (unpaired) electrons. The van der Waals surface area contributed by atoms with E-state index in [1.807, 2.05) is 36.6 Å². The van der Waals surface area contributed by atoms with Crippen LogP contribution in [0, 0.1) is 10.5 Å². The number of hydrogen-bond donors (Lipinski definition) is 1. The van der Waals surface area contributed by atoms with Gasteiger partial charge in [0.2, 0.25) is 0 Å². The van der Waals surface area contributed by atoms with Gasteiger partial charge in [-0.15, -0.1) is 11.3 Å². The molecule has 0 fully saturated rings. The van der Waals surface area contributed by atoms with Gasteiger partial charge in [0.15, 0.2) is 0 Å². The van der Waals surface area contributed by atoms with Gasteiger partial charge in [0.25, 0.3) is 0 Å². The smallest absolute Gasteiger partial charge is 0.0957 e. The zero-order chi connectivity index (χ0) is 11.5. The van der Waals surface area contributed by atoms with Crippen LogP contribution in [-0.2, 0) is 6.42 Å². The standard InChI is InChI=1S/C12H12INOS/c1-8-7-16-12(14-8)6-11(15)9-4-2-3-5-10(9)13/h2-5,7,11,15H,6H2,1H3. The van der Waals surface area contributed by atoms with E-state index in [2.05, 4.69) is 27.6 Å². The van der Waals surface area contributed by atoms with Crippen LogP contribution in [0.15, 0.2) is 29.6 Å². The first kappa shape index (κ1) is 12.0. The number of hydrogen-bond acceptors (Lipinski definition) is 3. The van der Waals surface area contributed by atoms with Gasteiger partial charge in [-0.05, 0) is 41.1 Å². The van der Waals surface area contributed by atoms with Crippen molar-refractivity contribution in [2.75, 3.05) is 0 Å². The zero-order valence-electron chi connectivity index (χ0n) is 8.85. The summed E-state index contributed by atoms with van der Waals surface area (Å²) in [6.07, 6.45) is 0.136. The third-order valence-corrected chi connectivity index (χ3v) is 4.27. The van der Waals surface area contributed by atoms with Gasteiger partial charge in [-0.2, -0.15) is 0 Å². The fraction of sp³-hybridized carbons (Fsp3) is 0.250. The van der Waals surface area contributed by atoms with Gasteiger partial charge in [-0.25, -0.2) is 4.98 Å². The summed E-state index contributed by atoms with van der Waals surface area (Å²) in [6.45, 7) is 1.97. The third-order valence-electron chi connectivity index (χ3n) is 2.30. The maximum Gasteiger partial charge on any atom is 0.0957 e. The van der Waals surface area contributed by atoms with Gasteiger partial charge in [0.1, 0.15) is 0 Å². The van der Waals surface area contributed by atoms with Crippen LogP contribution in [0.1, 0.15) is 22.4 Å². The average Bonchev–Trinajstić information content (AvgIpc) is 2.64. The number of aliphatic hydroxyl groups excluding tert-OH is 1. The fourth-order valence-corrected chi connectivity index (χ4v) is 3.07. The Morgan fingerprint density at radius 2 is 2.19 bits per heavy atom. The van der Waals surface area contributed by atoms with Crippen molar-refractivity contribution in [1.29, 1.82) is 0 Å². The van der Waals surface area contributed by atoms with E-state index in [1.165, 1.54) is 0 Å². The van der Waals surface area contributed by atoms with Gasteiger partial charge in [-0.3, -0.25) is 0 Å². The summed E-state index contributed by atoms with van der Waals surface area (Å²) < 4.78 is 1.10. The van der Waals surface area contributed by atoms with Gasteiger partial charge < -0.3 is 5.11 Å².